The number of carbonyl (C=O) groups is 4. The number of ether oxygens (including phenoxy) is 4. The van der Waals surface area contributed by atoms with Crippen LogP contribution in [-0.2, 0) is 35.1 Å². The third-order valence-corrected chi connectivity index (χ3v) is 4.98. The van der Waals surface area contributed by atoms with E-state index in [-0.39, 0.29) is 24.2 Å². The molecule has 0 unspecified atom stereocenters. The summed E-state index contributed by atoms with van der Waals surface area (Å²) in [6.07, 6.45) is -3.56. The van der Waals surface area contributed by atoms with Gasteiger partial charge in [0, 0.05) is 0 Å². The summed E-state index contributed by atoms with van der Waals surface area (Å²) in [5.41, 5.74) is 1.28. The van der Waals surface area contributed by atoms with Crippen molar-refractivity contribution in [3.05, 3.63) is 108 Å². The van der Waals surface area contributed by atoms with Gasteiger partial charge in [0.05, 0.1) is 17.7 Å². The molecule has 35 heavy (non-hydrogen) atoms. The van der Waals surface area contributed by atoms with Gasteiger partial charge in [-0.25, -0.2) is 9.59 Å². The molecule has 0 fully saturated rings. The minimum atomic E-state index is -1.37. The van der Waals surface area contributed by atoms with E-state index in [1.54, 1.807) is 60.7 Å². The SMILES string of the molecule is O=CO[C@@H]([C@@H](C=O)OCc1ccccc1)[C@@H](COC(=O)c1ccccc1)OC(=O)c1ccccc1. The summed E-state index contributed by atoms with van der Waals surface area (Å²) in [5.74, 6) is -1.43. The number of benzene rings is 3. The average Bonchev–Trinajstić information content (AvgIpc) is 2.92. The lowest BCUT2D eigenvalue weighted by Gasteiger charge is -2.29. The zero-order valence-electron chi connectivity index (χ0n) is 18.7. The molecule has 0 aliphatic carbocycles. The van der Waals surface area contributed by atoms with E-state index in [9.17, 15) is 19.2 Å². The molecule has 0 saturated carbocycles. The lowest BCUT2D eigenvalue weighted by Crippen LogP contribution is -2.47. The van der Waals surface area contributed by atoms with Crippen LogP contribution in [0.5, 0.6) is 0 Å². The Labute approximate surface area is 202 Å². The zero-order valence-corrected chi connectivity index (χ0v) is 18.7. The Bertz CT molecular complexity index is 1090. The molecule has 0 aliphatic rings. The summed E-state index contributed by atoms with van der Waals surface area (Å²) >= 11 is 0. The molecule has 0 amide bonds. The van der Waals surface area contributed by atoms with Crippen LogP contribution in [0, 0.1) is 0 Å². The van der Waals surface area contributed by atoms with Gasteiger partial charge in [0.25, 0.3) is 6.47 Å². The summed E-state index contributed by atoms with van der Waals surface area (Å²) in [4.78, 5) is 48.4. The van der Waals surface area contributed by atoms with Crippen molar-refractivity contribution in [3.8, 4) is 0 Å². The van der Waals surface area contributed by atoms with Crippen molar-refractivity contribution < 1.29 is 38.1 Å². The van der Waals surface area contributed by atoms with Crippen molar-refractivity contribution in [2.45, 2.75) is 24.9 Å². The van der Waals surface area contributed by atoms with Gasteiger partial charge >= 0.3 is 11.9 Å². The molecule has 0 saturated heterocycles. The molecule has 0 N–H and O–H groups in total. The van der Waals surface area contributed by atoms with Crippen LogP contribution >= 0.6 is 0 Å². The molecule has 3 aromatic rings. The minimum absolute atomic E-state index is 0.0338. The Hall–Kier alpha value is -4.30. The van der Waals surface area contributed by atoms with Crippen LogP contribution in [0.25, 0.3) is 0 Å². The quantitative estimate of drug-likeness (QED) is 0.210. The Kier molecular flexibility index (Phi) is 9.71. The van der Waals surface area contributed by atoms with Gasteiger partial charge in [0.1, 0.15) is 6.61 Å². The third kappa shape index (κ3) is 7.62. The first kappa shape index (κ1) is 25.3. The molecule has 0 aliphatic heterocycles. The Balaban J connectivity index is 1.80. The van der Waals surface area contributed by atoms with Gasteiger partial charge in [-0.05, 0) is 29.8 Å². The fourth-order valence-electron chi connectivity index (χ4n) is 3.21. The van der Waals surface area contributed by atoms with E-state index in [1.165, 1.54) is 12.1 Å². The number of carbonyl (C=O) groups excluding carboxylic acids is 4. The molecule has 0 radical (unpaired) electrons. The van der Waals surface area contributed by atoms with E-state index in [1.807, 2.05) is 18.2 Å². The number of hydrogen-bond donors (Lipinski definition) is 0. The molecule has 0 spiro atoms. The molecule has 0 aromatic heterocycles. The van der Waals surface area contributed by atoms with E-state index in [0.29, 0.717) is 6.29 Å². The van der Waals surface area contributed by atoms with E-state index >= 15 is 0 Å². The maximum atomic E-state index is 12.7. The van der Waals surface area contributed by atoms with E-state index < -0.39 is 36.9 Å². The molecular weight excluding hydrogens is 452 g/mol. The van der Waals surface area contributed by atoms with Gasteiger partial charge < -0.3 is 23.7 Å². The first-order valence-electron chi connectivity index (χ1n) is 10.8. The van der Waals surface area contributed by atoms with Crippen LogP contribution in [0.4, 0.5) is 0 Å². The first-order chi connectivity index (χ1) is 17.1. The van der Waals surface area contributed by atoms with Gasteiger partial charge in [0.2, 0.25) is 0 Å². The highest BCUT2D eigenvalue weighted by atomic mass is 16.6. The minimum Gasteiger partial charge on any atom is -0.458 e. The van der Waals surface area contributed by atoms with Crippen LogP contribution < -0.4 is 0 Å². The predicted octanol–water partition coefficient (Wildman–Crippen LogP) is 3.39. The summed E-state index contributed by atoms with van der Waals surface area (Å²) in [5, 5.41) is 0. The second-order valence-electron chi connectivity index (χ2n) is 7.37. The summed E-state index contributed by atoms with van der Waals surface area (Å²) in [7, 11) is 0. The fraction of sp³-hybridized carbons (Fsp3) is 0.185. The maximum absolute atomic E-state index is 12.7. The van der Waals surface area contributed by atoms with Crippen molar-refractivity contribution in [1.82, 2.24) is 0 Å². The van der Waals surface area contributed by atoms with Crippen LogP contribution in [0.15, 0.2) is 91.0 Å². The Morgan fingerprint density at radius 2 is 1.29 bits per heavy atom. The zero-order chi connectivity index (χ0) is 24.9. The Morgan fingerprint density at radius 1 is 0.743 bits per heavy atom. The molecule has 3 aromatic carbocycles. The van der Waals surface area contributed by atoms with Crippen molar-refractivity contribution >= 4 is 24.7 Å². The average molecular weight is 476 g/mol. The van der Waals surface area contributed by atoms with Crippen molar-refractivity contribution in [2.75, 3.05) is 6.61 Å². The van der Waals surface area contributed by atoms with Gasteiger partial charge in [0.15, 0.2) is 24.6 Å². The lowest BCUT2D eigenvalue weighted by atomic mass is 10.1. The van der Waals surface area contributed by atoms with E-state index in [2.05, 4.69) is 0 Å². The fourth-order valence-corrected chi connectivity index (χ4v) is 3.21. The second kappa shape index (κ2) is 13.4. The standard InChI is InChI=1S/C27H24O8/c28-16-23(32-17-20-10-4-1-5-11-20)25(34-19-29)24(35-27(31)22-14-8-3-9-15-22)18-33-26(30)21-12-6-2-7-13-21/h1-16,19,23-25H,17-18H2/t23-,24-,25+/m1/s1. The van der Waals surface area contributed by atoms with Crippen LogP contribution in [0.2, 0.25) is 0 Å². The summed E-state index contributed by atoms with van der Waals surface area (Å²) in [6, 6.07) is 25.3. The molecule has 0 heterocycles. The molecular formula is C27H24O8. The molecule has 8 heteroatoms. The molecule has 3 atom stereocenters. The number of hydrogen-bond acceptors (Lipinski definition) is 8. The van der Waals surface area contributed by atoms with E-state index in [0.717, 1.165) is 5.56 Å². The molecule has 3 rings (SSSR count). The number of esters is 2. The summed E-state index contributed by atoms with van der Waals surface area (Å²) < 4.78 is 21.6. The molecule has 180 valence electrons. The van der Waals surface area contributed by atoms with Gasteiger partial charge in [-0.1, -0.05) is 66.7 Å². The first-order valence-corrected chi connectivity index (χ1v) is 10.8. The second-order valence-corrected chi connectivity index (χ2v) is 7.37. The third-order valence-electron chi connectivity index (χ3n) is 4.98. The Morgan fingerprint density at radius 3 is 1.83 bits per heavy atom. The highest BCUT2D eigenvalue weighted by molar-refractivity contribution is 5.90. The number of aldehydes is 1. The molecule has 0 bridgehead atoms. The molecule has 8 nitrogen and oxygen atoms in total. The number of rotatable bonds is 13. The lowest BCUT2D eigenvalue weighted by molar-refractivity contribution is -0.161. The normalized spacial score (nSPS) is 13.0. The monoisotopic (exact) mass is 476 g/mol. The predicted molar refractivity (Wildman–Crippen MR) is 124 cm³/mol. The van der Waals surface area contributed by atoms with Crippen LogP contribution in [0.1, 0.15) is 26.3 Å². The highest BCUT2D eigenvalue weighted by Gasteiger charge is 2.36. The van der Waals surface area contributed by atoms with Gasteiger partial charge in [-0.3, -0.25) is 4.79 Å². The van der Waals surface area contributed by atoms with E-state index in [4.69, 9.17) is 18.9 Å². The largest absolute Gasteiger partial charge is 0.458 e. The van der Waals surface area contributed by atoms with Gasteiger partial charge in [-0.2, -0.15) is 0 Å². The van der Waals surface area contributed by atoms with Gasteiger partial charge in [-0.15, -0.1) is 0 Å². The van der Waals surface area contributed by atoms with Crippen molar-refractivity contribution in [1.29, 1.82) is 0 Å². The smallest absolute Gasteiger partial charge is 0.338 e. The maximum Gasteiger partial charge on any atom is 0.338 e. The highest BCUT2D eigenvalue weighted by Crippen LogP contribution is 2.17. The topological polar surface area (TPSA) is 105 Å². The van der Waals surface area contributed by atoms with Crippen LogP contribution in [0.3, 0.4) is 0 Å². The van der Waals surface area contributed by atoms with Crippen LogP contribution in [-0.4, -0.2) is 49.6 Å². The summed E-state index contributed by atoms with van der Waals surface area (Å²) in [6.45, 7) is -0.328. The van der Waals surface area contributed by atoms with Crippen molar-refractivity contribution in [2.24, 2.45) is 0 Å². The van der Waals surface area contributed by atoms with Crippen molar-refractivity contribution in [3.63, 3.8) is 0 Å².